The molecule has 8 heteroatoms. The van der Waals surface area contributed by atoms with Gasteiger partial charge in [0, 0.05) is 12.6 Å². The van der Waals surface area contributed by atoms with Crippen LogP contribution in [0.5, 0.6) is 0 Å². The number of esters is 1. The van der Waals surface area contributed by atoms with Crippen LogP contribution in [-0.2, 0) is 14.3 Å². The van der Waals surface area contributed by atoms with E-state index in [-0.39, 0.29) is 18.4 Å². The molecule has 0 saturated heterocycles. The molecule has 1 atom stereocenters. The number of rotatable bonds is 6. The molecule has 0 saturated carbocycles. The van der Waals surface area contributed by atoms with E-state index in [1.807, 2.05) is 0 Å². The Morgan fingerprint density at radius 1 is 1.45 bits per heavy atom. The Bertz CT molecular complexity index is 503. The van der Waals surface area contributed by atoms with Crippen molar-refractivity contribution in [3.63, 3.8) is 0 Å². The lowest BCUT2D eigenvalue weighted by Crippen LogP contribution is -2.41. The molecule has 1 aromatic rings. The molecule has 0 radical (unpaired) electrons. The number of nitrogens with zero attached hydrogens (tertiary/aromatic N) is 1. The number of carboxylic acid groups (broad SMARTS) is 1. The third-order valence-electron chi connectivity index (χ3n) is 2.46. The van der Waals surface area contributed by atoms with Crippen LogP contribution < -0.4 is 5.32 Å². The number of aromatic nitrogens is 1. The van der Waals surface area contributed by atoms with Crippen LogP contribution in [0, 0.1) is 5.95 Å². The van der Waals surface area contributed by atoms with E-state index < -0.39 is 29.8 Å². The zero-order valence-electron chi connectivity index (χ0n) is 10.6. The molecule has 0 aliphatic rings. The molecule has 7 nitrogen and oxygen atoms in total. The van der Waals surface area contributed by atoms with Gasteiger partial charge in [0.2, 0.25) is 5.95 Å². The third-order valence-corrected chi connectivity index (χ3v) is 2.46. The molecule has 0 aliphatic heterocycles. The van der Waals surface area contributed by atoms with Crippen molar-refractivity contribution >= 4 is 17.8 Å². The lowest BCUT2D eigenvalue weighted by molar-refractivity contribution is -0.142. The van der Waals surface area contributed by atoms with E-state index in [0.717, 1.165) is 12.3 Å². The highest BCUT2D eigenvalue weighted by Gasteiger charge is 2.22. The van der Waals surface area contributed by atoms with Crippen LogP contribution in [0.3, 0.4) is 0 Å². The first kappa shape index (κ1) is 15.5. The molecule has 1 amide bonds. The van der Waals surface area contributed by atoms with Gasteiger partial charge in [0.25, 0.3) is 5.91 Å². The monoisotopic (exact) mass is 284 g/mol. The molecule has 0 bridgehead atoms. The van der Waals surface area contributed by atoms with Gasteiger partial charge in [-0.25, -0.2) is 9.78 Å². The van der Waals surface area contributed by atoms with Gasteiger partial charge in [-0.3, -0.25) is 9.59 Å². The molecule has 1 heterocycles. The van der Waals surface area contributed by atoms with Gasteiger partial charge >= 0.3 is 11.9 Å². The van der Waals surface area contributed by atoms with Crippen molar-refractivity contribution in [1.29, 1.82) is 0 Å². The fourth-order valence-corrected chi connectivity index (χ4v) is 1.37. The number of ether oxygens (including phenoxy) is 1. The summed E-state index contributed by atoms with van der Waals surface area (Å²) >= 11 is 0. The highest BCUT2D eigenvalue weighted by atomic mass is 19.1. The minimum atomic E-state index is -1.28. The highest BCUT2D eigenvalue weighted by molar-refractivity contribution is 5.96. The molecule has 1 rings (SSSR count). The Morgan fingerprint density at radius 2 is 2.15 bits per heavy atom. The van der Waals surface area contributed by atoms with E-state index in [9.17, 15) is 18.8 Å². The smallest absolute Gasteiger partial charge is 0.326 e. The summed E-state index contributed by atoms with van der Waals surface area (Å²) in [5.41, 5.74) is 0.0238. The van der Waals surface area contributed by atoms with Crippen LogP contribution in [-0.4, -0.2) is 41.1 Å². The van der Waals surface area contributed by atoms with Gasteiger partial charge in [0.15, 0.2) is 0 Å². The van der Waals surface area contributed by atoms with E-state index in [1.165, 1.54) is 13.2 Å². The number of hydrogen-bond acceptors (Lipinski definition) is 5. The van der Waals surface area contributed by atoms with Gasteiger partial charge in [-0.2, -0.15) is 4.39 Å². The number of amides is 1. The summed E-state index contributed by atoms with van der Waals surface area (Å²) < 4.78 is 17.0. The van der Waals surface area contributed by atoms with Gasteiger partial charge in [0.05, 0.1) is 12.7 Å². The maximum atomic E-state index is 12.6. The molecular formula is C12H13FN2O5. The maximum absolute atomic E-state index is 12.6. The molecule has 108 valence electrons. The first-order chi connectivity index (χ1) is 9.43. The van der Waals surface area contributed by atoms with E-state index in [4.69, 9.17) is 5.11 Å². The molecule has 0 aliphatic carbocycles. The zero-order chi connectivity index (χ0) is 15.1. The Labute approximate surface area is 113 Å². The second-order valence-electron chi connectivity index (χ2n) is 3.85. The zero-order valence-corrected chi connectivity index (χ0v) is 10.6. The number of carboxylic acids is 1. The summed E-state index contributed by atoms with van der Waals surface area (Å²) in [6, 6.07) is 0.919. The SMILES string of the molecule is COC(=O)CC[C@@H](NC(=O)c1ccc(F)nc1)C(=O)O. The minimum absolute atomic E-state index is 0.0238. The van der Waals surface area contributed by atoms with Crippen LogP contribution >= 0.6 is 0 Å². The largest absolute Gasteiger partial charge is 0.480 e. The Balaban J connectivity index is 2.65. The average Bonchev–Trinajstić information content (AvgIpc) is 2.43. The van der Waals surface area contributed by atoms with Gasteiger partial charge < -0.3 is 15.2 Å². The molecule has 1 aromatic heterocycles. The summed E-state index contributed by atoms with van der Waals surface area (Å²) in [7, 11) is 1.18. The minimum Gasteiger partial charge on any atom is -0.480 e. The Kier molecular flexibility index (Phi) is 5.57. The predicted octanol–water partition coefficient (Wildman–Crippen LogP) is 0.357. The fraction of sp³-hybridized carbons (Fsp3) is 0.333. The number of pyridine rings is 1. The summed E-state index contributed by atoms with van der Waals surface area (Å²) in [4.78, 5) is 37.0. The van der Waals surface area contributed by atoms with Gasteiger partial charge in [-0.15, -0.1) is 0 Å². The van der Waals surface area contributed by atoms with Crippen molar-refractivity contribution < 1.29 is 28.6 Å². The van der Waals surface area contributed by atoms with Crippen LogP contribution in [0.1, 0.15) is 23.2 Å². The maximum Gasteiger partial charge on any atom is 0.326 e. The van der Waals surface area contributed by atoms with Crippen molar-refractivity contribution in [2.45, 2.75) is 18.9 Å². The fourth-order valence-electron chi connectivity index (χ4n) is 1.37. The molecule has 2 N–H and O–H groups in total. The van der Waals surface area contributed by atoms with Crippen LogP contribution in [0.25, 0.3) is 0 Å². The molecule has 0 fully saturated rings. The van der Waals surface area contributed by atoms with E-state index in [0.29, 0.717) is 0 Å². The predicted molar refractivity (Wildman–Crippen MR) is 64.3 cm³/mol. The topological polar surface area (TPSA) is 106 Å². The summed E-state index contributed by atoms with van der Waals surface area (Å²) in [6.07, 6.45) is 0.738. The Morgan fingerprint density at radius 3 is 2.65 bits per heavy atom. The van der Waals surface area contributed by atoms with Crippen molar-refractivity contribution in [3.8, 4) is 0 Å². The highest BCUT2D eigenvalue weighted by Crippen LogP contribution is 2.03. The molecule has 0 aromatic carbocycles. The van der Waals surface area contributed by atoms with E-state index in [2.05, 4.69) is 15.0 Å². The van der Waals surface area contributed by atoms with Gasteiger partial charge in [-0.05, 0) is 18.6 Å². The summed E-state index contributed by atoms with van der Waals surface area (Å²) in [5.74, 6) is -3.32. The second-order valence-corrected chi connectivity index (χ2v) is 3.85. The number of hydrogen-bond donors (Lipinski definition) is 2. The van der Waals surface area contributed by atoms with Crippen molar-refractivity contribution in [2.75, 3.05) is 7.11 Å². The van der Waals surface area contributed by atoms with Crippen LogP contribution in [0.15, 0.2) is 18.3 Å². The standard InChI is InChI=1S/C12H13FN2O5/c1-20-10(16)5-3-8(12(18)19)15-11(17)7-2-4-9(13)14-6-7/h2,4,6,8H,3,5H2,1H3,(H,15,17)(H,18,19)/t8-/m1/s1. The second kappa shape index (κ2) is 7.17. The van der Waals surface area contributed by atoms with E-state index >= 15 is 0 Å². The molecule has 0 spiro atoms. The van der Waals surface area contributed by atoms with Gasteiger partial charge in [0.1, 0.15) is 6.04 Å². The number of carbonyl (C=O) groups excluding carboxylic acids is 2. The van der Waals surface area contributed by atoms with Crippen molar-refractivity contribution in [3.05, 3.63) is 29.8 Å². The van der Waals surface area contributed by atoms with Gasteiger partial charge in [-0.1, -0.05) is 0 Å². The molecular weight excluding hydrogens is 271 g/mol. The molecule has 20 heavy (non-hydrogen) atoms. The van der Waals surface area contributed by atoms with Crippen molar-refractivity contribution in [1.82, 2.24) is 10.3 Å². The average molecular weight is 284 g/mol. The normalized spacial score (nSPS) is 11.5. The molecule has 0 unspecified atom stereocenters. The number of aliphatic carboxylic acids is 1. The van der Waals surface area contributed by atoms with Crippen molar-refractivity contribution in [2.24, 2.45) is 0 Å². The lowest BCUT2D eigenvalue weighted by atomic mass is 10.1. The van der Waals surface area contributed by atoms with Crippen LogP contribution in [0.4, 0.5) is 4.39 Å². The van der Waals surface area contributed by atoms with Crippen LogP contribution in [0.2, 0.25) is 0 Å². The van der Waals surface area contributed by atoms with E-state index in [1.54, 1.807) is 0 Å². The lowest BCUT2D eigenvalue weighted by Gasteiger charge is -2.13. The third kappa shape index (κ3) is 4.63. The summed E-state index contributed by atoms with van der Waals surface area (Å²) in [5, 5.41) is 11.2. The number of methoxy groups -OCH3 is 1. The quantitative estimate of drug-likeness (QED) is 0.577. The first-order valence-electron chi connectivity index (χ1n) is 5.66. The number of nitrogens with one attached hydrogen (secondary N) is 1. The summed E-state index contributed by atoms with van der Waals surface area (Å²) in [6.45, 7) is 0. The first-order valence-corrected chi connectivity index (χ1v) is 5.66. The number of carbonyl (C=O) groups is 3. The Hall–Kier alpha value is -2.51. The number of halogens is 1.